The molecule has 116 valence electrons. The number of ether oxygens (including phenoxy) is 1. The van der Waals surface area contributed by atoms with Crippen molar-refractivity contribution < 1.29 is 13.9 Å². The third-order valence-electron chi connectivity index (χ3n) is 2.90. The van der Waals surface area contributed by atoms with Gasteiger partial charge in [0.05, 0.1) is 0 Å². The third-order valence-corrected chi connectivity index (χ3v) is 2.90. The molecule has 0 bridgehead atoms. The van der Waals surface area contributed by atoms with E-state index in [1.54, 1.807) is 20.8 Å². The van der Waals surface area contributed by atoms with Crippen LogP contribution < -0.4 is 5.32 Å². The molecule has 22 heavy (non-hydrogen) atoms. The van der Waals surface area contributed by atoms with Gasteiger partial charge < -0.3 is 10.1 Å². The molecule has 0 aliphatic heterocycles. The average Bonchev–Trinajstić information content (AvgIpc) is 2.44. The molecule has 1 N–H and O–H groups in total. The Morgan fingerprint density at radius 3 is 2.41 bits per heavy atom. The van der Waals surface area contributed by atoms with Crippen LogP contribution in [0.4, 0.5) is 9.18 Å². The number of carbonyl (C=O) groups excluding carboxylic acids is 1. The van der Waals surface area contributed by atoms with Crippen LogP contribution in [0.3, 0.4) is 0 Å². The Kier molecular flexibility index (Phi) is 4.81. The zero-order valence-corrected chi connectivity index (χ0v) is 13.0. The number of rotatable bonds is 3. The zero-order chi connectivity index (χ0) is 16.2. The molecule has 4 heteroatoms. The molecule has 0 aromatic heterocycles. The molecule has 0 radical (unpaired) electrons. The topological polar surface area (TPSA) is 38.3 Å². The summed E-state index contributed by atoms with van der Waals surface area (Å²) in [5, 5.41) is 2.63. The predicted molar refractivity (Wildman–Crippen MR) is 84.9 cm³/mol. The number of nitrogens with one attached hydrogen (secondary N) is 1. The van der Waals surface area contributed by atoms with Gasteiger partial charge in [0.15, 0.2) is 0 Å². The molecule has 0 saturated carbocycles. The molecule has 0 saturated heterocycles. The highest BCUT2D eigenvalue weighted by Gasteiger charge is 2.15. The summed E-state index contributed by atoms with van der Waals surface area (Å²) in [6.07, 6.45) is -0.516. The summed E-state index contributed by atoms with van der Waals surface area (Å²) in [4.78, 5) is 11.6. The van der Waals surface area contributed by atoms with Crippen molar-refractivity contribution in [2.75, 3.05) is 0 Å². The molecule has 2 aromatic rings. The van der Waals surface area contributed by atoms with Gasteiger partial charge in [0.1, 0.15) is 11.4 Å². The van der Waals surface area contributed by atoms with Crippen molar-refractivity contribution in [2.45, 2.75) is 32.9 Å². The lowest BCUT2D eigenvalue weighted by molar-refractivity contribution is 0.0523. The molecular weight excluding hydrogens is 281 g/mol. The standard InChI is InChI=1S/C18H20FNO2/c1-18(2,3)22-17(21)20-12-13-9-15(11-16(19)10-13)14-7-5-4-6-8-14/h4-11H,12H2,1-3H3,(H,20,21). The maximum atomic E-state index is 13.8. The van der Waals surface area contributed by atoms with Crippen molar-refractivity contribution in [3.63, 3.8) is 0 Å². The fourth-order valence-electron chi connectivity index (χ4n) is 2.04. The Bertz CT molecular complexity index is 648. The van der Waals surface area contributed by atoms with Gasteiger partial charge in [-0.25, -0.2) is 9.18 Å². The summed E-state index contributed by atoms with van der Waals surface area (Å²) >= 11 is 0. The monoisotopic (exact) mass is 301 g/mol. The third kappa shape index (κ3) is 4.88. The van der Waals surface area contributed by atoms with Crippen LogP contribution in [-0.4, -0.2) is 11.7 Å². The number of benzene rings is 2. The lowest BCUT2D eigenvalue weighted by Crippen LogP contribution is -2.32. The maximum absolute atomic E-state index is 13.8. The lowest BCUT2D eigenvalue weighted by atomic mass is 10.0. The molecule has 0 fully saturated rings. The summed E-state index contributed by atoms with van der Waals surface area (Å²) in [6.45, 7) is 5.60. The van der Waals surface area contributed by atoms with Gasteiger partial charge in [0.2, 0.25) is 0 Å². The number of hydrogen-bond donors (Lipinski definition) is 1. The van der Waals surface area contributed by atoms with Gasteiger partial charge in [-0.05, 0) is 55.7 Å². The summed E-state index contributed by atoms with van der Waals surface area (Å²) in [6, 6.07) is 14.3. The first kappa shape index (κ1) is 16.0. The molecular formula is C18H20FNO2. The number of carbonyl (C=O) groups is 1. The largest absolute Gasteiger partial charge is 0.444 e. The van der Waals surface area contributed by atoms with Crippen LogP contribution in [0.2, 0.25) is 0 Å². The average molecular weight is 301 g/mol. The van der Waals surface area contributed by atoms with Crippen LogP contribution in [0.5, 0.6) is 0 Å². The van der Waals surface area contributed by atoms with Crippen molar-refractivity contribution in [1.29, 1.82) is 0 Å². The van der Waals surface area contributed by atoms with Gasteiger partial charge in [-0.2, -0.15) is 0 Å². The highest BCUT2D eigenvalue weighted by atomic mass is 19.1. The number of alkyl carbamates (subject to hydrolysis) is 1. The minimum absolute atomic E-state index is 0.215. The molecule has 0 atom stereocenters. The summed E-state index contributed by atoms with van der Waals surface area (Å²) in [5.41, 5.74) is 1.84. The van der Waals surface area contributed by atoms with Crippen LogP contribution in [0.1, 0.15) is 26.3 Å². The fraction of sp³-hybridized carbons (Fsp3) is 0.278. The quantitative estimate of drug-likeness (QED) is 0.905. The van der Waals surface area contributed by atoms with Crippen LogP contribution >= 0.6 is 0 Å². The van der Waals surface area contributed by atoms with Crippen molar-refractivity contribution >= 4 is 6.09 Å². The summed E-state index contributed by atoms with van der Waals surface area (Å²) < 4.78 is 18.9. The number of amides is 1. The highest BCUT2D eigenvalue weighted by molar-refractivity contribution is 5.68. The number of halogens is 1. The van der Waals surface area contributed by atoms with E-state index in [1.165, 1.54) is 12.1 Å². The van der Waals surface area contributed by atoms with E-state index in [1.807, 2.05) is 36.4 Å². The summed E-state index contributed by atoms with van der Waals surface area (Å²) in [5.74, 6) is -0.331. The fourth-order valence-corrected chi connectivity index (χ4v) is 2.04. The SMILES string of the molecule is CC(C)(C)OC(=O)NCc1cc(F)cc(-c2ccccc2)c1. The first-order valence-electron chi connectivity index (χ1n) is 7.15. The zero-order valence-electron chi connectivity index (χ0n) is 13.0. The molecule has 2 aromatic carbocycles. The van der Waals surface area contributed by atoms with Gasteiger partial charge >= 0.3 is 6.09 Å². The molecule has 0 heterocycles. The van der Waals surface area contributed by atoms with Crippen LogP contribution in [0, 0.1) is 5.82 Å². The Morgan fingerprint density at radius 2 is 1.77 bits per heavy atom. The molecule has 0 unspecified atom stereocenters. The molecule has 0 spiro atoms. The minimum Gasteiger partial charge on any atom is -0.444 e. The van der Waals surface area contributed by atoms with Crippen molar-refractivity contribution in [3.05, 3.63) is 59.9 Å². The number of hydrogen-bond acceptors (Lipinski definition) is 2. The van der Waals surface area contributed by atoms with Gasteiger partial charge in [-0.1, -0.05) is 30.3 Å². The second-order valence-corrected chi connectivity index (χ2v) is 6.07. The van der Waals surface area contributed by atoms with E-state index >= 15 is 0 Å². The second-order valence-electron chi connectivity index (χ2n) is 6.07. The van der Waals surface area contributed by atoms with Crippen LogP contribution in [0.25, 0.3) is 11.1 Å². The van der Waals surface area contributed by atoms with E-state index < -0.39 is 11.7 Å². The first-order valence-corrected chi connectivity index (χ1v) is 7.15. The minimum atomic E-state index is -0.554. The van der Waals surface area contributed by atoms with E-state index in [0.29, 0.717) is 5.56 Å². The molecule has 2 rings (SSSR count). The highest BCUT2D eigenvalue weighted by Crippen LogP contribution is 2.21. The summed E-state index contributed by atoms with van der Waals surface area (Å²) in [7, 11) is 0. The molecule has 3 nitrogen and oxygen atoms in total. The Balaban J connectivity index is 2.09. The van der Waals surface area contributed by atoms with E-state index in [9.17, 15) is 9.18 Å². The van der Waals surface area contributed by atoms with E-state index in [2.05, 4.69) is 5.32 Å². The van der Waals surface area contributed by atoms with E-state index in [4.69, 9.17) is 4.74 Å². The molecule has 0 aliphatic rings. The Labute approximate surface area is 130 Å². The van der Waals surface area contributed by atoms with Crippen molar-refractivity contribution in [2.24, 2.45) is 0 Å². The Morgan fingerprint density at radius 1 is 1.09 bits per heavy atom. The smallest absolute Gasteiger partial charge is 0.407 e. The van der Waals surface area contributed by atoms with Gasteiger partial charge in [-0.3, -0.25) is 0 Å². The van der Waals surface area contributed by atoms with Crippen molar-refractivity contribution in [3.8, 4) is 11.1 Å². The predicted octanol–water partition coefficient (Wildman–Crippen LogP) is 4.52. The van der Waals surface area contributed by atoms with E-state index in [-0.39, 0.29) is 12.4 Å². The van der Waals surface area contributed by atoms with E-state index in [0.717, 1.165) is 11.1 Å². The van der Waals surface area contributed by atoms with Crippen molar-refractivity contribution in [1.82, 2.24) is 5.32 Å². The van der Waals surface area contributed by atoms with Crippen LogP contribution in [-0.2, 0) is 11.3 Å². The molecule has 1 amide bonds. The van der Waals surface area contributed by atoms with Gasteiger partial charge in [0.25, 0.3) is 0 Å². The van der Waals surface area contributed by atoms with Gasteiger partial charge in [0, 0.05) is 6.54 Å². The normalized spacial score (nSPS) is 11.1. The van der Waals surface area contributed by atoms with Crippen LogP contribution in [0.15, 0.2) is 48.5 Å². The first-order chi connectivity index (χ1) is 10.3. The maximum Gasteiger partial charge on any atom is 0.407 e. The lowest BCUT2D eigenvalue weighted by Gasteiger charge is -2.19. The van der Waals surface area contributed by atoms with Gasteiger partial charge in [-0.15, -0.1) is 0 Å². The second kappa shape index (κ2) is 6.60. The Hall–Kier alpha value is -2.36. The molecule has 0 aliphatic carbocycles.